The van der Waals surface area contributed by atoms with Crippen LogP contribution >= 0.6 is 11.3 Å². The van der Waals surface area contributed by atoms with E-state index in [0.717, 1.165) is 37.7 Å². The molecule has 4 heteroatoms. The Bertz CT molecular complexity index is 531. The van der Waals surface area contributed by atoms with Gasteiger partial charge in [0.2, 0.25) is 0 Å². The third kappa shape index (κ3) is 5.30. The molecular formula is C17H26N2OS. The van der Waals surface area contributed by atoms with E-state index in [2.05, 4.69) is 61.6 Å². The Kier molecular flexibility index (Phi) is 6.03. The first-order chi connectivity index (χ1) is 10.0. The van der Waals surface area contributed by atoms with Crippen molar-refractivity contribution in [1.82, 2.24) is 10.2 Å². The van der Waals surface area contributed by atoms with E-state index in [-0.39, 0.29) is 0 Å². The highest BCUT2D eigenvalue weighted by molar-refractivity contribution is 7.09. The molecule has 0 aliphatic rings. The van der Waals surface area contributed by atoms with Crippen LogP contribution in [0.2, 0.25) is 0 Å². The molecule has 0 amide bonds. The standard InChI is InChI=1S/C17H26N2OS/c1-13(2)9-18-10-17-14(3)8-15(20-17)11-19(4)12-16-6-5-7-21-16/h5-8,13,18H,9-12H2,1-4H3. The Morgan fingerprint density at radius 2 is 2.14 bits per heavy atom. The van der Waals surface area contributed by atoms with Crippen molar-refractivity contribution in [2.75, 3.05) is 13.6 Å². The second-order valence-corrected chi connectivity index (χ2v) is 7.13. The average Bonchev–Trinajstić information content (AvgIpc) is 3.00. The van der Waals surface area contributed by atoms with Gasteiger partial charge in [0.05, 0.1) is 13.1 Å². The highest BCUT2D eigenvalue weighted by Gasteiger charge is 2.10. The Labute approximate surface area is 132 Å². The number of furan rings is 1. The molecule has 2 rings (SSSR count). The minimum absolute atomic E-state index is 0.664. The first kappa shape index (κ1) is 16.3. The van der Waals surface area contributed by atoms with Gasteiger partial charge in [0.15, 0.2) is 0 Å². The lowest BCUT2D eigenvalue weighted by molar-refractivity contribution is 0.284. The Morgan fingerprint density at radius 3 is 2.81 bits per heavy atom. The van der Waals surface area contributed by atoms with Crippen LogP contribution in [0.4, 0.5) is 0 Å². The summed E-state index contributed by atoms with van der Waals surface area (Å²) in [6, 6.07) is 6.44. The van der Waals surface area contributed by atoms with Crippen molar-refractivity contribution in [2.24, 2.45) is 5.92 Å². The van der Waals surface area contributed by atoms with Crippen molar-refractivity contribution in [1.29, 1.82) is 0 Å². The van der Waals surface area contributed by atoms with Crippen LogP contribution in [0.3, 0.4) is 0 Å². The average molecular weight is 306 g/mol. The predicted octanol–water partition coefficient (Wildman–Crippen LogP) is 4.03. The smallest absolute Gasteiger partial charge is 0.120 e. The second kappa shape index (κ2) is 7.78. The van der Waals surface area contributed by atoms with Crippen molar-refractivity contribution < 1.29 is 4.42 Å². The molecule has 0 aliphatic carbocycles. The van der Waals surface area contributed by atoms with Crippen LogP contribution in [0.1, 0.15) is 35.8 Å². The molecule has 2 heterocycles. The monoisotopic (exact) mass is 306 g/mol. The van der Waals surface area contributed by atoms with Crippen LogP contribution < -0.4 is 5.32 Å². The molecule has 0 aliphatic heterocycles. The normalized spacial score (nSPS) is 11.7. The van der Waals surface area contributed by atoms with Gasteiger partial charge in [-0.05, 0) is 49.5 Å². The molecule has 0 radical (unpaired) electrons. The zero-order chi connectivity index (χ0) is 15.2. The van der Waals surface area contributed by atoms with Crippen LogP contribution in [0.5, 0.6) is 0 Å². The number of nitrogens with zero attached hydrogens (tertiary/aromatic N) is 1. The zero-order valence-corrected chi connectivity index (χ0v) is 14.3. The first-order valence-electron chi connectivity index (χ1n) is 7.54. The Balaban J connectivity index is 1.86. The minimum atomic E-state index is 0.664. The Hall–Kier alpha value is -1.10. The topological polar surface area (TPSA) is 28.4 Å². The highest BCUT2D eigenvalue weighted by atomic mass is 32.1. The van der Waals surface area contributed by atoms with Crippen molar-refractivity contribution in [3.05, 3.63) is 45.5 Å². The number of thiophene rings is 1. The molecule has 0 saturated heterocycles. The molecule has 21 heavy (non-hydrogen) atoms. The van der Waals surface area contributed by atoms with Crippen LogP contribution in [0, 0.1) is 12.8 Å². The molecule has 2 aromatic heterocycles. The fourth-order valence-corrected chi connectivity index (χ4v) is 3.09. The summed E-state index contributed by atoms with van der Waals surface area (Å²) in [6.07, 6.45) is 0. The van der Waals surface area contributed by atoms with Gasteiger partial charge in [-0.15, -0.1) is 11.3 Å². The van der Waals surface area contributed by atoms with Gasteiger partial charge >= 0.3 is 0 Å². The maximum absolute atomic E-state index is 5.99. The molecule has 0 spiro atoms. The summed E-state index contributed by atoms with van der Waals surface area (Å²) in [5.74, 6) is 2.78. The molecule has 1 N–H and O–H groups in total. The van der Waals surface area contributed by atoms with Crippen LogP contribution in [0.15, 0.2) is 28.0 Å². The van der Waals surface area contributed by atoms with Crippen molar-refractivity contribution >= 4 is 11.3 Å². The molecule has 116 valence electrons. The van der Waals surface area contributed by atoms with Gasteiger partial charge in [-0.25, -0.2) is 0 Å². The van der Waals surface area contributed by atoms with Gasteiger partial charge in [0.1, 0.15) is 11.5 Å². The van der Waals surface area contributed by atoms with Crippen LogP contribution in [-0.4, -0.2) is 18.5 Å². The largest absolute Gasteiger partial charge is 0.463 e. The molecular weight excluding hydrogens is 280 g/mol. The number of aryl methyl sites for hydroxylation is 1. The lowest BCUT2D eigenvalue weighted by Crippen LogP contribution is -2.19. The predicted molar refractivity (Wildman–Crippen MR) is 89.5 cm³/mol. The van der Waals surface area contributed by atoms with E-state index >= 15 is 0 Å². The van der Waals surface area contributed by atoms with Crippen LogP contribution in [-0.2, 0) is 19.6 Å². The molecule has 0 unspecified atom stereocenters. The fraction of sp³-hybridized carbons (Fsp3) is 0.529. The van der Waals surface area contributed by atoms with Crippen molar-refractivity contribution in [2.45, 2.75) is 40.4 Å². The van der Waals surface area contributed by atoms with Gasteiger partial charge in [-0.2, -0.15) is 0 Å². The van der Waals surface area contributed by atoms with Gasteiger partial charge in [-0.3, -0.25) is 4.90 Å². The maximum atomic E-state index is 5.99. The number of hydrogen-bond acceptors (Lipinski definition) is 4. The number of hydrogen-bond donors (Lipinski definition) is 1. The summed E-state index contributed by atoms with van der Waals surface area (Å²) in [5.41, 5.74) is 1.24. The first-order valence-corrected chi connectivity index (χ1v) is 8.42. The number of rotatable bonds is 8. The molecule has 0 atom stereocenters. The Morgan fingerprint density at radius 1 is 1.33 bits per heavy atom. The lowest BCUT2D eigenvalue weighted by atomic mass is 10.2. The highest BCUT2D eigenvalue weighted by Crippen LogP contribution is 2.18. The summed E-state index contributed by atoms with van der Waals surface area (Å²) in [6.45, 7) is 10.2. The van der Waals surface area contributed by atoms with E-state index in [1.165, 1.54) is 10.4 Å². The van der Waals surface area contributed by atoms with E-state index in [1.807, 2.05) is 0 Å². The zero-order valence-electron chi connectivity index (χ0n) is 13.5. The van der Waals surface area contributed by atoms with E-state index < -0.39 is 0 Å². The van der Waals surface area contributed by atoms with E-state index in [4.69, 9.17) is 4.42 Å². The van der Waals surface area contributed by atoms with Crippen LogP contribution in [0.25, 0.3) is 0 Å². The molecule has 0 bridgehead atoms. The summed E-state index contributed by atoms with van der Waals surface area (Å²) >= 11 is 1.80. The van der Waals surface area contributed by atoms with Gasteiger partial charge in [0.25, 0.3) is 0 Å². The fourth-order valence-electron chi connectivity index (χ4n) is 2.31. The second-order valence-electron chi connectivity index (χ2n) is 6.10. The van der Waals surface area contributed by atoms with Gasteiger partial charge in [-0.1, -0.05) is 19.9 Å². The molecule has 2 aromatic rings. The summed E-state index contributed by atoms with van der Waals surface area (Å²) in [5, 5.41) is 5.56. The summed E-state index contributed by atoms with van der Waals surface area (Å²) in [4.78, 5) is 3.68. The molecule has 0 fully saturated rings. The van der Waals surface area contributed by atoms with E-state index in [0.29, 0.717) is 5.92 Å². The molecule has 0 saturated carbocycles. The molecule has 3 nitrogen and oxygen atoms in total. The lowest BCUT2D eigenvalue weighted by Gasteiger charge is -2.13. The quantitative estimate of drug-likeness (QED) is 0.798. The third-order valence-electron chi connectivity index (χ3n) is 3.34. The van der Waals surface area contributed by atoms with E-state index in [9.17, 15) is 0 Å². The SMILES string of the molecule is Cc1cc(CN(C)Cc2cccs2)oc1CNCC(C)C. The van der Waals surface area contributed by atoms with E-state index in [1.54, 1.807) is 11.3 Å². The minimum Gasteiger partial charge on any atom is -0.463 e. The third-order valence-corrected chi connectivity index (χ3v) is 4.20. The summed E-state index contributed by atoms with van der Waals surface area (Å²) in [7, 11) is 2.13. The van der Waals surface area contributed by atoms with Gasteiger partial charge in [0, 0.05) is 11.4 Å². The molecule has 0 aromatic carbocycles. The number of nitrogens with one attached hydrogen (secondary N) is 1. The maximum Gasteiger partial charge on any atom is 0.120 e. The van der Waals surface area contributed by atoms with Crippen molar-refractivity contribution in [3.8, 4) is 0 Å². The van der Waals surface area contributed by atoms with Gasteiger partial charge < -0.3 is 9.73 Å². The van der Waals surface area contributed by atoms with Crippen molar-refractivity contribution in [3.63, 3.8) is 0 Å². The summed E-state index contributed by atoms with van der Waals surface area (Å²) < 4.78 is 5.99.